The van der Waals surface area contributed by atoms with Crippen LogP contribution in [0.15, 0.2) is 5.16 Å². The van der Waals surface area contributed by atoms with Crippen molar-refractivity contribution in [3.63, 3.8) is 0 Å². The molecule has 1 amide bonds. The van der Waals surface area contributed by atoms with Crippen LogP contribution in [0.5, 0.6) is 0 Å². The minimum absolute atomic E-state index is 0.113. The summed E-state index contributed by atoms with van der Waals surface area (Å²) in [6.45, 7) is 4.34. The fourth-order valence-corrected chi connectivity index (χ4v) is 4.23. The second-order valence-corrected chi connectivity index (χ2v) is 7.31. The van der Waals surface area contributed by atoms with Gasteiger partial charge in [0.1, 0.15) is 5.54 Å². The maximum absolute atomic E-state index is 13.0. The fourth-order valence-electron chi connectivity index (χ4n) is 4.23. The van der Waals surface area contributed by atoms with E-state index in [1.807, 2.05) is 0 Å². The fraction of sp³-hybridized carbons (Fsp3) is 0.875. The van der Waals surface area contributed by atoms with E-state index in [1.54, 1.807) is 0 Å². The third-order valence-corrected chi connectivity index (χ3v) is 5.25. The molecule has 0 atom stereocenters. The van der Waals surface area contributed by atoms with Gasteiger partial charge in [-0.2, -0.15) is 0 Å². The molecule has 0 bridgehead atoms. The van der Waals surface area contributed by atoms with Gasteiger partial charge in [0.25, 0.3) is 0 Å². The van der Waals surface area contributed by atoms with Gasteiger partial charge < -0.3 is 16.3 Å². The van der Waals surface area contributed by atoms with E-state index in [0.29, 0.717) is 5.92 Å². The maximum atomic E-state index is 13.0. The van der Waals surface area contributed by atoms with Gasteiger partial charge in [0.15, 0.2) is 5.84 Å². The number of carbonyl (C=O) groups excluding carboxylic acids is 1. The Kier molecular flexibility index (Phi) is 4.79. The van der Waals surface area contributed by atoms with Gasteiger partial charge in [-0.15, -0.1) is 0 Å². The molecule has 0 spiro atoms. The van der Waals surface area contributed by atoms with Crippen LogP contribution in [0.2, 0.25) is 0 Å². The number of amidine groups is 1. The highest BCUT2D eigenvalue weighted by molar-refractivity contribution is 5.95. The van der Waals surface area contributed by atoms with Gasteiger partial charge in [0, 0.05) is 5.41 Å². The molecular weight excluding hydrogens is 266 g/mol. The highest BCUT2D eigenvalue weighted by Crippen LogP contribution is 2.44. The number of hydrogen-bond acceptors (Lipinski definition) is 3. The van der Waals surface area contributed by atoms with E-state index >= 15 is 0 Å². The molecular formula is C16H29N3O2. The molecule has 0 aromatic heterocycles. The first-order valence-corrected chi connectivity index (χ1v) is 8.25. The van der Waals surface area contributed by atoms with Gasteiger partial charge in [-0.1, -0.05) is 44.7 Å². The summed E-state index contributed by atoms with van der Waals surface area (Å²) >= 11 is 0. The standard InChI is InChI=1S/C16H29N3O2/c1-12(2)11-15(7-3-4-8-15)14(20)18-16(13(17)19-21)9-5-6-10-16/h12,21H,3-11H2,1-2H3,(H2,17,19)(H,18,20). The summed E-state index contributed by atoms with van der Waals surface area (Å²) in [5.41, 5.74) is 5.01. The van der Waals surface area contributed by atoms with Crippen molar-refractivity contribution in [1.82, 2.24) is 5.32 Å². The number of nitrogens with zero attached hydrogens (tertiary/aromatic N) is 1. The molecule has 2 fully saturated rings. The van der Waals surface area contributed by atoms with Crippen molar-refractivity contribution in [3.8, 4) is 0 Å². The zero-order valence-electron chi connectivity index (χ0n) is 13.3. The van der Waals surface area contributed by atoms with Crippen LogP contribution in [-0.2, 0) is 4.79 Å². The number of rotatable bonds is 5. The summed E-state index contributed by atoms with van der Waals surface area (Å²) in [4.78, 5) is 13.0. The van der Waals surface area contributed by atoms with E-state index in [9.17, 15) is 4.79 Å². The van der Waals surface area contributed by atoms with Crippen LogP contribution in [0.3, 0.4) is 0 Å². The van der Waals surface area contributed by atoms with Crippen molar-refractivity contribution >= 4 is 11.7 Å². The number of oxime groups is 1. The first-order valence-electron chi connectivity index (χ1n) is 8.25. The lowest BCUT2D eigenvalue weighted by atomic mass is 9.77. The van der Waals surface area contributed by atoms with Crippen molar-refractivity contribution in [2.45, 2.75) is 77.2 Å². The smallest absolute Gasteiger partial charge is 0.227 e. The van der Waals surface area contributed by atoms with Crippen LogP contribution in [0.1, 0.15) is 71.6 Å². The summed E-state index contributed by atoms with van der Waals surface area (Å²) in [6, 6.07) is 0. The van der Waals surface area contributed by atoms with Gasteiger partial charge >= 0.3 is 0 Å². The van der Waals surface area contributed by atoms with E-state index in [2.05, 4.69) is 24.3 Å². The Morgan fingerprint density at radius 1 is 1.19 bits per heavy atom. The minimum Gasteiger partial charge on any atom is -0.409 e. The lowest BCUT2D eigenvalue weighted by Gasteiger charge is -2.36. The Balaban J connectivity index is 2.17. The van der Waals surface area contributed by atoms with Crippen LogP contribution in [0.4, 0.5) is 0 Å². The van der Waals surface area contributed by atoms with Crippen LogP contribution < -0.4 is 11.1 Å². The lowest BCUT2D eigenvalue weighted by molar-refractivity contribution is -0.133. The molecule has 2 aliphatic carbocycles. The zero-order chi connectivity index (χ0) is 15.5. The Morgan fingerprint density at radius 2 is 1.71 bits per heavy atom. The van der Waals surface area contributed by atoms with Crippen LogP contribution >= 0.6 is 0 Å². The van der Waals surface area contributed by atoms with E-state index in [1.165, 1.54) is 0 Å². The molecule has 0 unspecified atom stereocenters. The Morgan fingerprint density at radius 3 is 2.19 bits per heavy atom. The van der Waals surface area contributed by atoms with Crippen molar-refractivity contribution in [1.29, 1.82) is 0 Å². The summed E-state index contributed by atoms with van der Waals surface area (Å²) in [5.74, 6) is 0.769. The van der Waals surface area contributed by atoms with Gasteiger partial charge in [-0.25, -0.2) is 0 Å². The molecule has 21 heavy (non-hydrogen) atoms. The second-order valence-electron chi connectivity index (χ2n) is 7.31. The summed E-state index contributed by atoms with van der Waals surface area (Å²) < 4.78 is 0. The Hall–Kier alpha value is -1.26. The zero-order valence-corrected chi connectivity index (χ0v) is 13.3. The molecule has 2 saturated carbocycles. The van der Waals surface area contributed by atoms with Crippen LogP contribution in [0, 0.1) is 11.3 Å². The predicted octanol–water partition coefficient (Wildman–Crippen LogP) is 2.77. The predicted molar refractivity (Wildman–Crippen MR) is 83.1 cm³/mol. The third kappa shape index (κ3) is 3.16. The third-order valence-electron chi connectivity index (χ3n) is 5.25. The van der Waals surface area contributed by atoms with Crippen molar-refractivity contribution in [2.24, 2.45) is 22.2 Å². The SMILES string of the molecule is CC(C)CC1(C(=O)NC2(C(N)=NO)CCCC2)CCCC1. The van der Waals surface area contributed by atoms with Crippen LogP contribution in [-0.4, -0.2) is 22.5 Å². The molecule has 5 heteroatoms. The second kappa shape index (κ2) is 6.24. The minimum atomic E-state index is -0.627. The molecule has 2 aliphatic rings. The van der Waals surface area contributed by atoms with E-state index < -0.39 is 5.54 Å². The molecule has 5 nitrogen and oxygen atoms in total. The van der Waals surface area contributed by atoms with Gasteiger partial charge in [0.2, 0.25) is 5.91 Å². The maximum Gasteiger partial charge on any atom is 0.227 e. The van der Waals surface area contributed by atoms with E-state index in [4.69, 9.17) is 10.9 Å². The average molecular weight is 295 g/mol. The molecule has 120 valence electrons. The number of nitrogens with one attached hydrogen (secondary N) is 1. The highest BCUT2D eigenvalue weighted by Gasteiger charge is 2.47. The van der Waals surface area contributed by atoms with Gasteiger partial charge in [-0.3, -0.25) is 4.79 Å². The van der Waals surface area contributed by atoms with Crippen molar-refractivity contribution < 1.29 is 10.0 Å². The number of hydrogen-bond donors (Lipinski definition) is 3. The molecule has 0 saturated heterocycles. The average Bonchev–Trinajstić information content (AvgIpc) is 3.08. The summed E-state index contributed by atoms with van der Waals surface area (Å²) in [6.07, 6.45) is 8.64. The summed E-state index contributed by atoms with van der Waals surface area (Å²) in [5, 5.41) is 15.4. The first-order chi connectivity index (χ1) is 9.94. The number of amides is 1. The molecule has 2 rings (SSSR count). The monoisotopic (exact) mass is 295 g/mol. The molecule has 0 radical (unpaired) electrons. The van der Waals surface area contributed by atoms with E-state index in [-0.39, 0.29) is 17.2 Å². The van der Waals surface area contributed by atoms with Gasteiger partial charge in [-0.05, 0) is 38.0 Å². The number of carbonyl (C=O) groups is 1. The lowest BCUT2D eigenvalue weighted by Crippen LogP contribution is -2.59. The van der Waals surface area contributed by atoms with E-state index in [0.717, 1.165) is 57.8 Å². The Labute approximate surface area is 127 Å². The van der Waals surface area contributed by atoms with Gasteiger partial charge in [0.05, 0.1) is 0 Å². The molecule has 0 aliphatic heterocycles. The molecule has 4 N–H and O–H groups in total. The van der Waals surface area contributed by atoms with Crippen molar-refractivity contribution in [2.75, 3.05) is 0 Å². The highest BCUT2D eigenvalue weighted by atomic mass is 16.4. The Bertz CT molecular complexity index is 406. The topological polar surface area (TPSA) is 87.7 Å². The van der Waals surface area contributed by atoms with Crippen molar-refractivity contribution in [3.05, 3.63) is 0 Å². The largest absolute Gasteiger partial charge is 0.409 e. The molecule has 0 aromatic carbocycles. The van der Waals surface area contributed by atoms with Crippen LogP contribution in [0.25, 0.3) is 0 Å². The summed E-state index contributed by atoms with van der Waals surface area (Å²) in [7, 11) is 0. The number of nitrogens with two attached hydrogens (primary N) is 1. The quantitative estimate of drug-likeness (QED) is 0.315. The first kappa shape index (κ1) is 16.1. The molecule has 0 heterocycles. The molecule has 0 aromatic rings. The normalized spacial score (nSPS) is 24.4.